The first-order valence-corrected chi connectivity index (χ1v) is 5.30. The van der Waals surface area contributed by atoms with E-state index in [-0.39, 0.29) is 17.1 Å². The number of H-pyrrole nitrogens is 1. The van der Waals surface area contributed by atoms with Crippen LogP contribution in [0.2, 0.25) is 0 Å². The van der Waals surface area contributed by atoms with Crippen LogP contribution in [-0.2, 0) is 17.1 Å². The fraction of sp³-hybridized carbons (Fsp3) is 0.111. The predicted octanol–water partition coefficient (Wildman–Crippen LogP) is 1.57. The Balaban J connectivity index is 2.02. The molecule has 0 bridgehead atoms. The fourth-order valence-corrected chi connectivity index (χ4v) is 2.84. The average molecular weight is 232 g/mol. The van der Waals surface area contributed by atoms with Crippen molar-refractivity contribution in [3.8, 4) is 0 Å². The Hall–Kier alpha value is -0.617. The van der Waals surface area contributed by atoms with E-state index in [9.17, 15) is 0 Å². The van der Waals surface area contributed by atoms with E-state index in [0.29, 0.717) is 0 Å². The maximum atomic E-state index is 3.24. The third-order valence-corrected chi connectivity index (χ3v) is 3.69. The van der Waals surface area contributed by atoms with Gasteiger partial charge in [-0.25, -0.2) is 0 Å². The summed E-state index contributed by atoms with van der Waals surface area (Å²) in [5, 5.41) is 0. The van der Waals surface area contributed by atoms with Gasteiger partial charge >= 0.3 is 73.5 Å². The molecule has 2 heteroatoms. The van der Waals surface area contributed by atoms with Gasteiger partial charge in [0.2, 0.25) is 0 Å². The van der Waals surface area contributed by atoms with E-state index in [1.807, 2.05) is 6.20 Å². The van der Waals surface area contributed by atoms with Crippen molar-refractivity contribution in [3.05, 3.63) is 40.7 Å². The number of hydrogen-bond acceptors (Lipinski definition) is 0. The van der Waals surface area contributed by atoms with E-state index in [0.717, 1.165) is 6.42 Å². The molecule has 0 aliphatic heterocycles. The first-order chi connectivity index (χ1) is 5.45. The van der Waals surface area contributed by atoms with Gasteiger partial charge in [0, 0.05) is 0 Å². The molecule has 1 aromatic heterocycles. The van der Waals surface area contributed by atoms with E-state index in [1.165, 1.54) is 4.29 Å². The van der Waals surface area contributed by atoms with Crippen molar-refractivity contribution in [2.45, 2.75) is 6.42 Å². The van der Waals surface area contributed by atoms with Crippen molar-refractivity contribution in [3.63, 3.8) is 0 Å². The summed E-state index contributed by atoms with van der Waals surface area (Å²) in [6.07, 6.45) is 9.75. The predicted molar refractivity (Wildman–Crippen MR) is 42.3 cm³/mol. The molecule has 0 saturated heterocycles. The molecule has 1 aromatic rings. The van der Waals surface area contributed by atoms with Gasteiger partial charge in [0.05, 0.1) is 0 Å². The molecule has 0 radical (unpaired) electrons. The standard InChI is InChI=1S/C5H5.C4H4N.Ru/c2*1-2-4-5-3-1;/h1-3H,4H2;1-3,5H;. The van der Waals surface area contributed by atoms with Gasteiger partial charge in [-0.15, -0.1) is 0 Å². The van der Waals surface area contributed by atoms with Crippen molar-refractivity contribution < 1.29 is 17.1 Å². The van der Waals surface area contributed by atoms with Gasteiger partial charge in [-0.2, -0.15) is 0 Å². The quantitative estimate of drug-likeness (QED) is 0.745. The topological polar surface area (TPSA) is 15.8 Å². The first-order valence-electron chi connectivity index (χ1n) is 3.56. The van der Waals surface area contributed by atoms with Gasteiger partial charge in [-0.1, -0.05) is 0 Å². The normalized spacial score (nSPS) is 15.8. The van der Waals surface area contributed by atoms with Gasteiger partial charge in [0.15, 0.2) is 0 Å². The van der Waals surface area contributed by atoms with Crippen LogP contribution < -0.4 is 4.29 Å². The molecule has 1 aliphatic rings. The van der Waals surface area contributed by atoms with E-state index < -0.39 is 0 Å². The molecule has 0 saturated carbocycles. The molecule has 0 amide bonds. The Morgan fingerprint density at radius 1 is 1.45 bits per heavy atom. The number of rotatable bonds is 2. The fourth-order valence-electron chi connectivity index (χ4n) is 0.963. The maximum absolute atomic E-state index is 3.24. The van der Waals surface area contributed by atoms with Gasteiger partial charge in [-0.3, -0.25) is 0 Å². The number of hydrogen-bond donors (Lipinski definition) is 1. The third kappa shape index (κ3) is 1.69. The summed E-state index contributed by atoms with van der Waals surface area (Å²) < 4.78 is 2.98. The van der Waals surface area contributed by atoms with E-state index in [4.69, 9.17) is 0 Å². The zero-order valence-electron chi connectivity index (χ0n) is 6.02. The molecule has 11 heavy (non-hydrogen) atoms. The number of aromatic amines is 1. The second kappa shape index (κ2) is 3.19. The van der Waals surface area contributed by atoms with Gasteiger partial charge < -0.3 is 0 Å². The minimum atomic E-state index is 0.279. The van der Waals surface area contributed by atoms with Crippen LogP contribution in [0.5, 0.6) is 0 Å². The summed E-state index contributed by atoms with van der Waals surface area (Å²) in [5.41, 5.74) is 0. The molecule has 0 aromatic carbocycles. The van der Waals surface area contributed by atoms with Crippen LogP contribution in [-0.4, -0.2) is 4.98 Å². The summed E-state index contributed by atoms with van der Waals surface area (Å²) in [7, 11) is 0. The Kier molecular flexibility index (Phi) is 2.04. The molecule has 1 N–H and O–H groups in total. The molecule has 0 fully saturated rings. The summed E-state index contributed by atoms with van der Waals surface area (Å²) in [6.45, 7) is 0. The zero-order valence-corrected chi connectivity index (χ0v) is 7.76. The van der Waals surface area contributed by atoms with Crippen LogP contribution in [0.1, 0.15) is 6.42 Å². The van der Waals surface area contributed by atoms with Gasteiger partial charge in [0.1, 0.15) is 0 Å². The molecular formula is C9H9NRu. The van der Waals surface area contributed by atoms with Gasteiger partial charge in [-0.05, 0) is 0 Å². The van der Waals surface area contributed by atoms with Crippen molar-refractivity contribution in [2.75, 3.05) is 0 Å². The summed E-state index contributed by atoms with van der Waals surface area (Å²) in [4.78, 5) is 3.24. The average Bonchev–Trinajstić information content (AvgIpc) is 2.60. The van der Waals surface area contributed by atoms with Crippen LogP contribution in [0.4, 0.5) is 0 Å². The van der Waals surface area contributed by atoms with E-state index in [1.54, 1.807) is 4.17 Å². The van der Waals surface area contributed by atoms with Crippen LogP contribution >= 0.6 is 0 Å². The minimum absolute atomic E-state index is 0.279. The first kappa shape index (κ1) is 7.06. The molecule has 1 heterocycles. The zero-order chi connectivity index (χ0) is 7.52. The summed E-state index contributed by atoms with van der Waals surface area (Å²) in [6, 6.07) is 4.23. The Morgan fingerprint density at radius 3 is 3.09 bits per heavy atom. The Bertz CT molecular complexity index is 283. The monoisotopic (exact) mass is 233 g/mol. The number of aromatic nitrogens is 1. The van der Waals surface area contributed by atoms with E-state index in [2.05, 4.69) is 35.3 Å². The van der Waals surface area contributed by atoms with Crippen LogP contribution in [0.25, 0.3) is 0 Å². The van der Waals surface area contributed by atoms with E-state index >= 15 is 0 Å². The Labute approximate surface area is 73.8 Å². The molecule has 58 valence electrons. The summed E-state index contributed by atoms with van der Waals surface area (Å²) in [5.74, 6) is 0. The van der Waals surface area contributed by atoms with Crippen LogP contribution in [0, 0.1) is 0 Å². The second-order valence-corrected chi connectivity index (χ2v) is 4.81. The molecule has 1 aliphatic carbocycles. The van der Waals surface area contributed by atoms with Crippen LogP contribution in [0.15, 0.2) is 40.7 Å². The third-order valence-electron chi connectivity index (χ3n) is 1.48. The molecule has 0 atom stereocenters. The molecule has 0 unspecified atom stereocenters. The molecule has 1 nitrogen and oxygen atoms in total. The molecule has 0 spiro atoms. The van der Waals surface area contributed by atoms with Crippen molar-refractivity contribution in [1.29, 1.82) is 0 Å². The van der Waals surface area contributed by atoms with Crippen molar-refractivity contribution in [2.24, 2.45) is 0 Å². The Morgan fingerprint density at radius 2 is 2.45 bits per heavy atom. The van der Waals surface area contributed by atoms with Crippen LogP contribution in [0.3, 0.4) is 0 Å². The second-order valence-electron chi connectivity index (χ2n) is 2.32. The van der Waals surface area contributed by atoms with Gasteiger partial charge in [0.25, 0.3) is 0 Å². The van der Waals surface area contributed by atoms with Crippen molar-refractivity contribution >= 4 is 4.29 Å². The molecule has 2 rings (SSSR count). The summed E-state index contributed by atoms with van der Waals surface area (Å²) >= 11 is 0.279. The number of allylic oxidation sites excluding steroid dienone is 4. The number of nitrogens with one attached hydrogen (secondary N) is 1. The molecular weight excluding hydrogens is 223 g/mol. The van der Waals surface area contributed by atoms with Crippen molar-refractivity contribution in [1.82, 2.24) is 4.98 Å². The SMILES string of the molecule is C1=CC[C]([Ru][c]2ccc[nH]2)=C1.